The molecule has 0 bridgehead atoms. The SMILES string of the molecule is CCCCOc1ccc(C(=O)NOCC(=O)NC2CCCCC2)cc1OC. The number of nitrogens with one attached hydrogen (secondary N) is 2. The van der Waals surface area contributed by atoms with E-state index in [-0.39, 0.29) is 18.6 Å². The van der Waals surface area contributed by atoms with Gasteiger partial charge in [0.05, 0.1) is 13.7 Å². The molecule has 0 unspecified atom stereocenters. The van der Waals surface area contributed by atoms with E-state index in [1.54, 1.807) is 18.2 Å². The second-order valence-corrected chi connectivity index (χ2v) is 6.69. The normalized spacial score (nSPS) is 14.4. The van der Waals surface area contributed by atoms with Gasteiger partial charge in [-0.2, -0.15) is 0 Å². The summed E-state index contributed by atoms with van der Waals surface area (Å²) in [4.78, 5) is 29.1. The topological polar surface area (TPSA) is 85.9 Å². The third kappa shape index (κ3) is 7.09. The fourth-order valence-corrected chi connectivity index (χ4v) is 3.00. The van der Waals surface area contributed by atoms with Crippen LogP contribution in [0.15, 0.2) is 18.2 Å². The summed E-state index contributed by atoms with van der Waals surface area (Å²) in [6.07, 6.45) is 7.50. The molecule has 0 radical (unpaired) electrons. The number of methoxy groups -OCH3 is 1. The van der Waals surface area contributed by atoms with Crippen LogP contribution < -0.4 is 20.3 Å². The highest BCUT2D eigenvalue weighted by Gasteiger charge is 2.16. The van der Waals surface area contributed by atoms with Gasteiger partial charge in [-0.15, -0.1) is 0 Å². The Morgan fingerprint density at radius 2 is 1.93 bits per heavy atom. The van der Waals surface area contributed by atoms with E-state index < -0.39 is 5.91 Å². The molecule has 2 N–H and O–H groups in total. The van der Waals surface area contributed by atoms with Crippen LogP contribution in [0.5, 0.6) is 11.5 Å². The van der Waals surface area contributed by atoms with Crippen molar-refractivity contribution in [3.63, 3.8) is 0 Å². The summed E-state index contributed by atoms with van der Waals surface area (Å²) >= 11 is 0. The molecular weight excluding hydrogens is 348 g/mol. The van der Waals surface area contributed by atoms with E-state index in [1.807, 2.05) is 0 Å². The van der Waals surface area contributed by atoms with Crippen LogP contribution in [0.25, 0.3) is 0 Å². The lowest BCUT2D eigenvalue weighted by molar-refractivity contribution is -0.128. The van der Waals surface area contributed by atoms with Crippen molar-refractivity contribution >= 4 is 11.8 Å². The number of unbranched alkanes of at least 4 members (excludes halogenated alkanes) is 1. The quantitative estimate of drug-likeness (QED) is 0.483. The van der Waals surface area contributed by atoms with E-state index in [9.17, 15) is 9.59 Å². The van der Waals surface area contributed by atoms with Crippen molar-refractivity contribution in [3.8, 4) is 11.5 Å². The minimum atomic E-state index is -0.445. The highest BCUT2D eigenvalue weighted by atomic mass is 16.7. The van der Waals surface area contributed by atoms with Crippen LogP contribution in [0.3, 0.4) is 0 Å². The molecule has 0 heterocycles. The van der Waals surface area contributed by atoms with Crippen molar-refractivity contribution in [1.82, 2.24) is 10.8 Å². The molecular formula is C20H30N2O5. The predicted octanol–water partition coefficient (Wildman–Crippen LogP) is 2.98. The maximum atomic E-state index is 12.2. The smallest absolute Gasteiger partial charge is 0.274 e. The number of benzene rings is 1. The maximum Gasteiger partial charge on any atom is 0.274 e. The molecule has 2 rings (SSSR count). The molecule has 0 spiro atoms. The molecule has 1 aliphatic rings. The summed E-state index contributed by atoms with van der Waals surface area (Å²) in [5.41, 5.74) is 2.66. The van der Waals surface area contributed by atoms with E-state index >= 15 is 0 Å². The van der Waals surface area contributed by atoms with E-state index in [4.69, 9.17) is 14.3 Å². The molecule has 1 fully saturated rings. The van der Waals surface area contributed by atoms with Gasteiger partial charge in [0.15, 0.2) is 18.1 Å². The van der Waals surface area contributed by atoms with Gasteiger partial charge >= 0.3 is 0 Å². The molecule has 0 saturated heterocycles. The lowest BCUT2D eigenvalue weighted by Crippen LogP contribution is -2.40. The number of carbonyl (C=O) groups is 2. The average molecular weight is 378 g/mol. The van der Waals surface area contributed by atoms with Gasteiger partial charge in [0.25, 0.3) is 5.91 Å². The first kappa shape index (κ1) is 21.0. The number of carbonyl (C=O) groups excluding carboxylic acids is 2. The van der Waals surface area contributed by atoms with Gasteiger partial charge in [0.1, 0.15) is 0 Å². The van der Waals surface area contributed by atoms with E-state index in [2.05, 4.69) is 17.7 Å². The minimum Gasteiger partial charge on any atom is -0.493 e. The summed E-state index contributed by atoms with van der Waals surface area (Å²) in [6, 6.07) is 5.13. The zero-order valence-corrected chi connectivity index (χ0v) is 16.2. The molecule has 1 aromatic rings. The number of amides is 2. The molecule has 0 aromatic heterocycles. The first-order valence-corrected chi connectivity index (χ1v) is 9.66. The van der Waals surface area contributed by atoms with E-state index in [0.717, 1.165) is 38.5 Å². The van der Waals surface area contributed by atoms with Gasteiger partial charge in [0.2, 0.25) is 5.91 Å². The summed E-state index contributed by atoms with van der Waals surface area (Å²) < 4.78 is 10.9. The Kier molecular flexibility index (Phi) is 8.91. The van der Waals surface area contributed by atoms with Gasteiger partial charge in [-0.05, 0) is 37.5 Å². The van der Waals surface area contributed by atoms with Crippen LogP contribution in [-0.4, -0.2) is 38.2 Å². The average Bonchev–Trinajstić information content (AvgIpc) is 2.69. The lowest BCUT2D eigenvalue weighted by atomic mass is 9.95. The molecule has 0 atom stereocenters. The van der Waals surface area contributed by atoms with Gasteiger partial charge in [-0.1, -0.05) is 32.6 Å². The maximum absolute atomic E-state index is 12.2. The van der Waals surface area contributed by atoms with Crippen molar-refractivity contribution < 1.29 is 23.9 Å². The molecule has 27 heavy (non-hydrogen) atoms. The third-order valence-corrected chi connectivity index (χ3v) is 4.52. The monoisotopic (exact) mass is 378 g/mol. The molecule has 1 aliphatic carbocycles. The van der Waals surface area contributed by atoms with Crippen LogP contribution >= 0.6 is 0 Å². The molecule has 1 aromatic carbocycles. The van der Waals surface area contributed by atoms with Gasteiger partial charge < -0.3 is 14.8 Å². The standard InChI is InChI=1S/C20H30N2O5/c1-3-4-12-26-17-11-10-15(13-18(17)25-2)20(24)22-27-14-19(23)21-16-8-6-5-7-9-16/h10-11,13,16H,3-9,12,14H2,1-2H3,(H,21,23)(H,22,24). The molecule has 150 valence electrons. The highest BCUT2D eigenvalue weighted by Crippen LogP contribution is 2.28. The molecule has 7 nitrogen and oxygen atoms in total. The van der Waals surface area contributed by atoms with Crippen molar-refractivity contribution in [2.75, 3.05) is 20.3 Å². The lowest BCUT2D eigenvalue weighted by Gasteiger charge is -2.22. The first-order chi connectivity index (χ1) is 13.1. The van der Waals surface area contributed by atoms with Crippen molar-refractivity contribution in [2.24, 2.45) is 0 Å². The summed E-state index contributed by atoms with van der Waals surface area (Å²) in [7, 11) is 1.52. The minimum absolute atomic E-state index is 0.211. The zero-order chi connectivity index (χ0) is 19.5. The van der Waals surface area contributed by atoms with Crippen LogP contribution in [0.4, 0.5) is 0 Å². The number of hydroxylamine groups is 1. The largest absolute Gasteiger partial charge is 0.493 e. The Bertz CT molecular complexity index is 614. The second-order valence-electron chi connectivity index (χ2n) is 6.69. The zero-order valence-electron chi connectivity index (χ0n) is 16.2. The molecule has 7 heteroatoms. The van der Waals surface area contributed by atoms with E-state index in [0.29, 0.717) is 23.7 Å². The Balaban J connectivity index is 1.78. The van der Waals surface area contributed by atoms with Crippen LogP contribution in [-0.2, 0) is 9.63 Å². The number of hydrogen-bond acceptors (Lipinski definition) is 5. The summed E-state index contributed by atoms with van der Waals surface area (Å²) in [5, 5.41) is 2.93. The summed E-state index contributed by atoms with van der Waals surface area (Å²) in [6.45, 7) is 2.47. The molecule has 2 amide bonds. The Morgan fingerprint density at radius 1 is 1.15 bits per heavy atom. The van der Waals surface area contributed by atoms with Crippen LogP contribution in [0, 0.1) is 0 Å². The second kappa shape index (κ2) is 11.4. The summed E-state index contributed by atoms with van der Waals surface area (Å²) in [5.74, 6) is 0.405. The Hall–Kier alpha value is -2.28. The van der Waals surface area contributed by atoms with Crippen molar-refractivity contribution in [1.29, 1.82) is 0 Å². The van der Waals surface area contributed by atoms with Crippen molar-refractivity contribution in [2.45, 2.75) is 57.9 Å². The number of hydrogen-bond donors (Lipinski definition) is 2. The number of rotatable bonds is 10. The molecule has 1 saturated carbocycles. The van der Waals surface area contributed by atoms with Gasteiger partial charge in [-0.3, -0.25) is 14.4 Å². The van der Waals surface area contributed by atoms with E-state index in [1.165, 1.54) is 13.5 Å². The Labute approximate surface area is 160 Å². The van der Waals surface area contributed by atoms with Crippen LogP contribution in [0.2, 0.25) is 0 Å². The molecule has 0 aliphatic heterocycles. The number of ether oxygens (including phenoxy) is 2. The first-order valence-electron chi connectivity index (χ1n) is 9.66. The predicted molar refractivity (Wildman–Crippen MR) is 102 cm³/mol. The Morgan fingerprint density at radius 3 is 2.63 bits per heavy atom. The van der Waals surface area contributed by atoms with Crippen molar-refractivity contribution in [3.05, 3.63) is 23.8 Å². The highest BCUT2D eigenvalue weighted by molar-refractivity contribution is 5.94. The fraction of sp³-hybridized carbons (Fsp3) is 0.600. The third-order valence-electron chi connectivity index (χ3n) is 4.52. The van der Waals surface area contributed by atoms with Gasteiger partial charge in [0, 0.05) is 11.6 Å². The fourth-order valence-electron chi connectivity index (χ4n) is 3.00. The van der Waals surface area contributed by atoms with Crippen LogP contribution in [0.1, 0.15) is 62.2 Å². The van der Waals surface area contributed by atoms with Gasteiger partial charge in [-0.25, -0.2) is 5.48 Å².